The van der Waals surface area contributed by atoms with E-state index in [0.717, 1.165) is 0 Å². The van der Waals surface area contributed by atoms with Crippen molar-refractivity contribution in [1.82, 2.24) is 4.98 Å². The van der Waals surface area contributed by atoms with Gasteiger partial charge in [-0.05, 0) is 24.3 Å². The van der Waals surface area contributed by atoms with Gasteiger partial charge in [-0.1, -0.05) is 12.1 Å². The Morgan fingerprint density at radius 3 is 2.65 bits per heavy atom. The number of aromatic amines is 1. The molecule has 0 amide bonds. The number of rotatable bonds is 4. The molecule has 0 saturated carbocycles. The van der Waals surface area contributed by atoms with Crippen molar-refractivity contribution in [3.63, 3.8) is 0 Å². The minimum atomic E-state index is -0.199. The molecule has 0 aliphatic carbocycles. The smallest absolute Gasteiger partial charge is 0.212 e. The topological polar surface area (TPSA) is 59.2 Å². The van der Waals surface area contributed by atoms with E-state index in [2.05, 4.69) is 4.98 Å². The molecule has 2 rings (SSSR count). The van der Waals surface area contributed by atoms with E-state index in [9.17, 15) is 9.59 Å². The van der Waals surface area contributed by atoms with E-state index in [1.54, 1.807) is 36.4 Å². The van der Waals surface area contributed by atoms with Crippen LogP contribution in [0, 0.1) is 0 Å². The van der Waals surface area contributed by atoms with Gasteiger partial charge in [-0.2, -0.15) is 0 Å². The number of hydrogen-bond donors (Lipinski definition) is 1. The standard InChI is InChI=1S/C13H11NO3/c1-17-12-5-3-2-4-10(12)13(16)11-7-6-9(8-15)14-11/h2-8,14H,1H3. The predicted molar refractivity (Wildman–Crippen MR) is 62.6 cm³/mol. The molecule has 86 valence electrons. The fourth-order valence-corrected chi connectivity index (χ4v) is 1.59. The molecule has 4 nitrogen and oxygen atoms in total. The van der Waals surface area contributed by atoms with Gasteiger partial charge in [0.15, 0.2) is 6.29 Å². The number of para-hydroxylation sites is 1. The molecule has 0 spiro atoms. The Kier molecular flexibility index (Phi) is 3.05. The molecule has 0 aliphatic heterocycles. The van der Waals surface area contributed by atoms with Crippen LogP contribution in [-0.4, -0.2) is 24.2 Å². The minimum absolute atomic E-state index is 0.199. The van der Waals surface area contributed by atoms with Crippen molar-refractivity contribution >= 4 is 12.1 Å². The first-order valence-electron chi connectivity index (χ1n) is 5.08. The summed E-state index contributed by atoms with van der Waals surface area (Å²) >= 11 is 0. The summed E-state index contributed by atoms with van der Waals surface area (Å²) in [5.41, 5.74) is 1.22. The summed E-state index contributed by atoms with van der Waals surface area (Å²) in [5.74, 6) is 0.315. The van der Waals surface area contributed by atoms with E-state index in [4.69, 9.17) is 4.74 Å². The van der Waals surface area contributed by atoms with Gasteiger partial charge in [0.25, 0.3) is 0 Å². The molecule has 0 bridgehead atoms. The number of aldehydes is 1. The van der Waals surface area contributed by atoms with Gasteiger partial charge in [-0.3, -0.25) is 9.59 Å². The van der Waals surface area contributed by atoms with Crippen molar-refractivity contribution < 1.29 is 14.3 Å². The highest BCUT2D eigenvalue weighted by molar-refractivity contribution is 6.09. The van der Waals surface area contributed by atoms with Crippen LogP contribution in [0.3, 0.4) is 0 Å². The highest BCUT2D eigenvalue weighted by Gasteiger charge is 2.15. The average molecular weight is 229 g/mol. The zero-order chi connectivity index (χ0) is 12.3. The van der Waals surface area contributed by atoms with E-state index in [0.29, 0.717) is 29.0 Å². The molecule has 0 radical (unpaired) electrons. The van der Waals surface area contributed by atoms with Crippen molar-refractivity contribution in [2.24, 2.45) is 0 Å². The van der Waals surface area contributed by atoms with E-state index in [-0.39, 0.29) is 5.78 Å². The molecule has 0 unspecified atom stereocenters. The molecular weight excluding hydrogens is 218 g/mol. The monoisotopic (exact) mass is 229 g/mol. The number of H-pyrrole nitrogens is 1. The third kappa shape index (κ3) is 2.10. The van der Waals surface area contributed by atoms with Gasteiger partial charge >= 0.3 is 0 Å². The van der Waals surface area contributed by atoms with Crippen LogP contribution in [-0.2, 0) is 0 Å². The van der Waals surface area contributed by atoms with Crippen LogP contribution in [0.5, 0.6) is 5.75 Å². The van der Waals surface area contributed by atoms with Crippen LogP contribution in [0.1, 0.15) is 26.5 Å². The van der Waals surface area contributed by atoms with Crippen LogP contribution in [0.15, 0.2) is 36.4 Å². The zero-order valence-corrected chi connectivity index (χ0v) is 9.27. The number of carbonyl (C=O) groups excluding carboxylic acids is 2. The average Bonchev–Trinajstić information content (AvgIpc) is 2.86. The van der Waals surface area contributed by atoms with Gasteiger partial charge in [0, 0.05) is 0 Å². The Bertz CT molecular complexity index is 557. The van der Waals surface area contributed by atoms with Crippen molar-refractivity contribution in [2.45, 2.75) is 0 Å². The molecule has 17 heavy (non-hydrogen) atoms. The summed E-state index contributed by atoms with van der Waals surface area (Å²) in [6, 6.07) is 10.1. The van der Waals surface area contributed by atoms with Crippen molar-refractivity contribution in [1.29, 1.82) is 0 Å². The van der Waals surface area contributed by atoms with Crippen LogP contribution < -0.4 is 4.74 Å². The lowest BCUT2D eigenvalue weighted by atomic mass is 10.1. The number of ether oxygens (including phenoxy) is 1. The van der Waals surface area contributed by atoms with Gasteiger partial charge < -0.3 is 9.72 Å². The first kappa shape index (κ1) is 11.1. The molecule has 1 heterocycles. The fraction of sp³-hybridized carbons (Fsp3) is 0.0769. The maximum Gasteiger partial charge on any atom is 0.212 e. The maximum atomic E-state index is 12.1. The molecule has 0 atom stereocenters. The normalized spacial score (nSPS) is 9.94. The molecular formula is C13H11NO3. The quantitative estimate of drug-likeness (QED) is 0.645. The Morgan fingerprint density at radius 2 is 2.00 bits per heavy atom. The van der Waals surface area contributed by atoms with Crippen molar-refractivity contribution in [3.05, 3.63) is 53.3 Å². The van der Waals surface area contributed by atoms with Gasteiger partial charge in [-0.25, -0.2) is 0 Å². The van der Waals surface area contributed by atoms with Gasteiger partial charge in [0.1, 0.15) is 5.75 Å². The van der Waals surface area contributed by atoms with Crippen LogP contribution in [0.25, 0.3) is 0 Å². The zero-order valence-electron chi connectivity index (χ0n) is 9.27. The number of aromatic nitrogens is 1. The Morgan fingerprint density at radius 1 is 1.24 bits per heavy atom. The maximum absolute atomic E-state index is 12.1. The molecule has 0 aliphatic rings. The second kappa shape index (κ2) is 4.65. The highest BCUT2D eigenvalue weighted by atomic mass is 16.5. The number of carbonyl (C=O) groups is 2. The highest BCUT2D eigenvalue weighted by Crippen LogP contribution is 2.20. The second-order valence-corrected chi connectivity index (χ2v) is 3.47. The largest absolute Gasteiger partial charge is 0.496 e. The number of nitrogens with one attached hydrogen (secondary N) is 1. The summed E-state index contributed by atoms with van der Waals surface area (Å²) < 4.78 is 5.12. The number of methoxy groups -OCH3 is 1. The minimum Gasteiger partial charge on any atom is -0.496 e. The van der Waals surface area contributed by atoms with E-state index in [1.165, 1.54) is 7.11 Å². The summed E-state index contributed by atoms with van der Waals surface area (Å²) in [4.78, 5) is 25.4. The Balaban J connectivity index is 2.39. The molecule has 1 N–H and O–H groups in total. The van der Waals surface area contributed by atoms with E-state index < -0.39 is 0 Å². The van der Waals surface area contributed by atoms with E-state index in [1.807, 2.05) is 0 Å². The lowest BCUT2D eigenvalue weighted by molar-refractivity contribution is 0.103. The summed E-state index contributed by atoms with van der Waals surface area (Å²) in [7, 11) is 1.51. The summed E-state index contributed by atoms with van der Waals surface area (Å²) in [6.07, 6.45) is 0.666. The molecule has 1 aromatic carbocycles. The molecule has 2 aromatic rings. The van der Waals surface area contributed by atoms with Crippen LogP contribution >= 0.6 is 0 Å². The Hall–Kier alpha value is -2.36. The summed E-state index contributed by atoms with van der Waals surface area (Å²) in [6.45, 7) is 0. The first-order chi connectivity index (χ1) is 8.26. The molecule has 0 fully saturated rings. The van der Waals surface area contributed by atoms with Gasteiger partial charge in [-0.15, -0.1) is 0 Å². The molecule has 4 heteroatoms. The lowest BCUT2D eigenvalue weighted by Crippen LogP contribution is -2.04. The van der Waals surface area contributed by atoms with E-state index >= 15 is 0 Å². The van der Waals surface area contributed by atoms with Crippen LogP contribution in [0.2, 0.25) is 0 Å². The predicted octanol–water partition coefficient (Wildman–Crippen LogP) is 2.07. The number of benzene rings is 1. The lowest BCUT2D eigenvalue weighted by Gasteiger charge is -2.05. The SMILES string of the molecule is COc1ccccc1C(=O)c1ccc(C=O)[nH]1. The molecule has 1 aromatic heterocycles. The van der Waals surface area contributed by atoms with Gasteiger partial charge in [0.2, 0.25) is 5.78 Å². The van der Waals surface area contributed by atoms with Crippen LogP contribution in [0.4, 0.5) is 0 Å². The third-order valence-corrected chi connectivity index (χ3v) is 2.43. The fourth-order valence-electron chi connectivity index (χ4n) is 1.59. The second-order valence-electron chi connectivity index (χ2n) is 3.47. The van der Waals surface area contributed by atoms with Crippen molar-refractivity contribution in [3.8, 4) is 5.75 Å². The first-order valence-corrected chi connectivity index (χ1v) is 5.08. The van der Waals surface area contributed by atoms with Crippen molar-refractivity contribution in [2.75, 3.05) is 7.11 Å². The third-order valence-electron chi connectivity index (χ3n) is 2.43. The Labute approximate surface area is 98.2 Å². The number of ketones is 1. The van der Waals surface area contributed by atoms with Gasteiger partial charge in [0.05, 0.1) is 24.1 Å². The molecule has 0 saturated heterocycles. The number of hydrogen-bond acceptors (Lipinski definition) is 3. The summed E-state index contributed by atoms with van der Waals surface area (Å²) in [5, 5.41) is 0.